The van der Waals surface area contributed by atoms with Crippen LogP contribution in [-0.4, -0.2) is 35.8 Å². The van der Waals surface area contributed by atoms with Gasteiger partial charge >= 0.3 is 0 Å². The molecule has 3 rings (SSSR count). The second-order valence-corrected chi connectivity index (χ2v) is 11.4. The lowest BCUT2D eigenvalue weighted by atomic mass is 10.3. The summed E-state index contributed by atoms with van der Waals surface area (Å²) in [7, 11) is -0.731. The van der Waals surface area contributed by atoms with Crippen LogP contribution >= 0.6 is 10.7 Å². The number of benzene rings is 3. The molecule has 3 aromatic carbocycles. The molecular weight excluding hydrogens is 530 g/mol. The van der Waals surface area contributed by atoms with E-state index in [-0.39, 0.29) is 21.6 Å². The molecule has 0 radical (unpaired) electrons. The van der Waals surface area contributed by atoms with Gasteiger partial charge in [0.1, 0.15) is 5.75 Å². The molecule has 0 aliphatic heterocycles. The summed E-state index contributed by atoms with van der Waals surface area (Å²) in [5, 5.41) is 5.08. The third kappa shape index (κ3) is 9.21. The van der Waals surface area contributed by atoms with Gasteiger partial charge in [0.05, 0.1) is 16.9 Å². The van der Waals surface area contributed by atoms with E-state index in [1.54, 1.807) is 24.3 Å². The summed E-state index contributed by atoms with van der Waals surface area (Å²) in [6.07, 6.45) is 0. The minimum absolute atomic E-state index is 0.00766. The lowest BCUT2D eigenvalue weighted by Gasteiger charge is -2.09. The number of nitrogens with one attached hydrogen (secondary N) is 3. The maximum Gasteiger partial charge on any atom is 0.261 e. The van der Waals surface area contributed by atoms with Gasteiger partial charge < -0.3 is 15.4 Å². The number of carbonyl (C=O) groups is 2. The maximum absolute atomic E-state index is 12.3. The number of ether oxygens (including phenoxy) is 1. The zero-order valence-electron chi connectivity index (χ0n) is 19.5. The van der Waals surface area contributed by atoms with Crippen LogP contribution in [0.2, 0.25) is 0 Å². The number of rotatable bonds is 7. The minimum Gasteiger partial charge on any atom is -0.497 e. The molecule has 0 fully saturated rings. The maximum atomic E-state index is 12.3. The van der Waals surface area contributed by atoms with E-state index in [4.69, 9.17) is 15.4 Å². The van der Waals surface area contributed by atoms with Crippen LogP contribution < -0.4 is 20.1 Å². The fourth-order valence-corrected chi connectivity index (χ4v) is 4.53. The Morgan fingerprint density at radius 3 is 1.42 bits per heavy atom. The third-order valence-corrected chi connectivity index (χ3v) is 7.05. The molecule has 0 saturated heterocycles. The van der Waals surface area contributed by atoms with Gasteiger partial charge in [0.25, 0.3) is 19.1 Å². The topological polar surface area (TPSA) is 148 Å². The highest BCUT2D eigenvalue weighted by Gasteiger charge is 2.14. The Morgan fingerprint density at radius 1 is 0.667 bits per heavy atom. The Morgan fingerprint density at radius 2 is 1.06 bits per heavy atom. The Bertz CT molecular complexity index is 1410. The van der Waals surface area contributed by atoms with Gasteiger partial charge in [-0.2, -0.15) is 0 Å². The first-order valence-electron chi connectivity index (χ1n) is 10.2. The second kappa shape index (κ2) is 12.4. The van der Waals surface area contributed by atoms with Crippen molar-refractivity contribution in [1.29, 1.82) is 0 Å². The predicted octanol–water partition coefficient (Wildman–Crippen LogP) is 4.03. The fraction of sp³-hybridized carbons (Fsp3) is 0.130. The first kappa shape index (κ1) is 28.6. The van der Waals surface area contributed by atoms with Crippen molar-refractivity contribution in [3.63, 3.8) is 0 Å². The van der Waals surface area contributed by atoms with Crippen molar-refractivity contribution in [2.45, 2.75) is 23.6 Å². The zero-order chi connectivity index (χ0) is 26.9. The van der Waals surface area contributed by atoms with E-state index < -0.39 is 19.1 Å². The summed E-state index contributed by atoms with van der Waals surface area (Å²) < 4.78 is 53.7. The van der Waals surface area contributed by atoms with Crippen LogP contribution in [0, 0.1) is 0 Å². The van der Waals surface area contributed by atoms with E-state index in [9.17, 15) is 26.4 Å². The molecule has 192 valence electrons. The standard InChI is InChI=1S/C15H16N2O4S.C8H8ClNO3S/c1-11(18)16-12-5-9-15(10-6-12)22(19,20)17-13-3-7-14(21-2)8-4-13;1-6(11)10-7-2-4-8(5-3-7)14(9,12)13/h3-10,17H,1-2H3,(H,16,18);2-5H,1H3,(H,10,11). The van der Waals surface area contributed by atoms with E-state index in [0.29, 0.717) is 22.8 Å². The average molecular weight is 554 g/mol. The fourth-order valence-electron chi connectivity index (χ4n) is 2.70. The summed E-state index contributed by atoms with van der Waals surface area (Å²) >= 11 is 0. The summed E-state index contributed by atoms with van der Waals surface area (Å²) in [5.74, 6) is 0.209. The molecule has 13 heteroatoms. The molecule has 2 amide bonds. The van der Waals surface area contributed by atoms with E-state index >= 15 is 0 Å². The number of hydrogen-bond donors (Lipinski definition) is 3. The summed E-state index contributed by atoms with van der Waals surface area (Å²) in [6, 6.07) is 18.1. The first-order valence-corrected chi connectivity index (χ1v) is 14.0. The number of amides is 2. The van der Waals surface area contributed by atoms with Crippen molar-refractivity contribution in [1.82, 2.24) is 0 Å². The molecule has 0 heterocycles. The zero-order valence-corrected chi connectivity index (χ0v) is 21.9. The second-order valence-electron chi connectivity index (χ2n) is 7.18. The van der Waals surface area contributed by atoms with Crippen LogP contribution in [-0.2, 0) is 28.7 Å². The van der Waals surface area contributed by atoms with Crippen molar-refractivity contribution in [2.75, 3.05) is 22.5 Å². The minimum atomic E-state index is -3.69. The van der Waals surface area contributed by atoms with Gasteiger partial charge in [-0.1, -0.05) is 0 Å². The van der Waals surface area contributed by atoms with Crippen molar-refractivity contribution >= 4 is 58.6 Å². The molecule has 3 N–H and O–H groups in total. The van der Waals surface area contributed by atoms with Crippen LogP contribution in [0.25, 0.3) is 0 Å². The number of halogens is 1. The summed E-state index contributed by atoms with van der Waals surface area (Å²) in [4.78, 5) is 21.7. The SMILES string of the molecule is CC(=O)Nc1ccc(S(=O)(=O)Cl)cc1.COc1ccc(NS(=O)(=O)c2ccc(NC(C)=O)cc2)cc1. The smallest absolute Gasteiger partial charge is 0.261 e. The van der Waals surface area contributed by atoms with Gasteiger partial charge in [0.15, 0.2) is 0 Å². The molecule has 10 nitrogen and oxygen atoms in total. The summed E-state index contributed by atoms with van der Waals surface area (Å²) in [6.45, 7) is 2.75. The Kier molecular flexibility index (Phi) is 9.84. The number of hydrogen-bond acceptors (Lipinski definition) is 7. The first-order chi connectivity index (χ1) is 16.8. The highest BCUT2D eigenvalue weighted by Crippen LogP contribution is 2.21. The highest BCUT2D eigenvalue weighted by atomic mass is 35.7. The van der Waals surface area contributed by atoms with Gasteiger partial charge in [-0.25, -0.2) is 16.8 Å². The lowest BCUT2D eigenvalue weighted by molar-refractivity contribution is -0.115. The Labute approximate surface area is 214 Å². The quantitative estimate of drug-likeness (QED) is 0.374. The van der Waals surface area contributed by atoms with Crippen LogP contribution in [0.1, 0.15) is 13.8 Å². The van der Waals surface area contributed by atoms with Crippen LogP contribution in [0.4, 0.5) is 17.1 Å². The molecule has 0 aliphatic rings. The van der Waals surface area contributed by atoms with Gasteiger partial charge in [-0.3, -0.25) is 14.3 Å². The van der Waals surface area contributed by atoms with E-state index in [1.165, 1.54) is 69.5 Å². The van der Waals surface area contributed by atoms with Crippen molar-refractivity contribution in [3.8, 4) is 5.75 Å². The average Bonchev–Trinajstić information content (AvgIpc) is 2.79. The Balaban J connectivity index is 0.000000281. The highest BCUT2D eigenvalue weighted by molar-refractivity contribution is 8.13. The van der Waals surface area contributed by atoms with E-state index in [0.717, 1.165) is 0 Å². The van der Waals surface area contributed by atoms with Crippen LogP contribution in [0.3, 0.4) is 0 Å². The molecule has 3 aromatic rings. The molecule has 36 heavy (non-hydrogen) atoms. The van der Waals surface area contributed by atoms with E-state index in [1.807, 2.05) is 0 Å². The number of anilines is 3. The predicted molar refractivity (Wildman–Crippen MR) is 138 cm³/mol. The molecule has 0 saturated carbocycles. The number of methoxy groups -OCH3 is 1. The normalized spacial score (nSPS) is 10.9. The molecule has 0 atom stereocenters. The molecule has 0 aliphatic carbocycles. The van der Waals surface area contributed by atoms with Gasteiger partial charge in [-0.15, -0.1) is 0 Å². The van der Waals surface area contributed by atoms with Crippen molar-refractivity contribution in [3.05, 3.63) is 72.8 Å². The van der Waals surface area contributed by atoms with Crippen molar-refractivity contribution in [2.24, 2.45) is 0 Å². The molecule has 0 aromatic heterocycles. The third-order valence-electron chi connectivity index (χ3n) is 4.28. The molecular formula is C23H24ClN3O7S2. The van der Waals surface area contributed by atoms with Crippen LogP contribution in [0.15, 0.2) is 82.6 Å². The van der Waals surface area contributed by atoms with Crippen LogP contribution in [0.5, 0.6) is 5.75 Å². The molecule has 0 bridgehead atoms. The monoisotopic (exact) mass is 553 g/mol. The van der Waals surface area contributed by atoms with Gasteiger partial charge in [-0.05, 0) is 72.8 Å². The summed E-state index contributed by atoms with van der Waals surface area (Å²) in [5.41, 5.74) is 1.50. The van der Waals surface area contributed by atoms with Gasteiger partial charge in [0.2, 0.25) is 11.8 Å². The molecule has 0 spiro atoms. The molecule has 0 unspecified atom stereocenters. The Hall–Kier alpha value is -3.61. The van der Waals surface area contributed by atoms with Gasteiger partial charge in [0, 0.05) is 41.6 Å². The van der Waals surface area contributed by atoms with Crippen molar-refractivity contribution < 1.29 is 31.2 Å². The lowest BCUT2D eigenvalue weighted by Crippen LogP contribution is -2.13. The number of sulfonamides is 1. The number of carbonyl (C=O) groups excluding carboxylic acids is 2. The largest absolute Gasteiger partial charge is 0.497 e. The van der Waals surface area contributed by atoms with E-state index in [2.05, 4.69) is 15.4 Å².